The van der Waals surface area contributed by atoms with Crippen LogP contribution in [-0.4, -0.2) is 48.5 Å². The maximum atomic E-state index is 12.2. The smallest absolute Gasteiger partial charge is 0.409 e. The highest BCUT2D eigenvalue weighted by atomic mass is 16.6. The summed E-state index contributed by atoms with van der Waals surface area (Å²) < 4.78 is 12.1. The van der Waals surface area contributed by atoms with Gasteiger partial charge in [-0.1, -0.05) is 44.5 Å². The Morgan fingerprint density at radius 1 is 1.41 bits per heavy atom. The van der Waals surface area contributed by atoms with Crippen molar-refractivity contribution in [1.82, 2.24) is 4.90 Å². The SMILES string of the molecule is CC#CC[C@H](C)C(/C=C/C1C2c3cccc(CCCC)c3OC2C[C@H]1O)OC(=O)N(C)C. The second-order valence-corrected chi connectivity index (χ2v) is 9.24. The number of aryl methyl sites for hydroxylation is 1. The first-order chi connectivity index (χ1) is 15.4. The quantitative estimate of drug-likeness (QED) is 0.461. The van der Waals surface area contributed by atoms with Crippen LogP contribution in [0.3, 0.4) is 0 Å². The van der Waals surface area contributed by atoms with Crippen LogP contribution in [0, 0.1) is 23.7 Å². The van der Waals surface area contributed by atoms with Crippen LogP contribution >= 0.6 is 0 Å². The molecule has 1 aromatic rings. The van der Waals surface area contributed by atoms with E-state index < -0.39 is 12.2 Å². The van der Waals surface area contributed by atoms with Gasteiger partial charge in [0.15, 0.2) is 0 Å². The maximum absolute atomic E-state index is 12.2. The van der Waals surface area contributed by atoms with Crippen LogP contribution in [0.2, 0.25) is 0 Å². The highest BCUT2D eigenvalue weighted by Gasteiger charge is 2.49. The fourth-order valence-electron chi connectivity index (χ4n) is 4.72. The molecule has 1 aliphatic heterocycles. The van der Waals surface area contributed by atoms with E-state index in [1.807, 2.05) is 26.0 Å². The molecule has 1 aromatic carbocycles. The Balaban J connectivity index is 1.83. The largest absolute Gasteiger partial charge is 0.489 e. The van der Waals surface area contributed by atoms with Crippen LogP contribution in [0.1, 0.15) is 63.5 Å². The van der Waals surface area contributed by atoms with Crippen molar-refractivity contribution in [3.05, 3.63) is 41.5 Å². The molecule has 3 rings (SSSR count). The highest BCUT2D eigenvalue weighted by Crippen LogP contribution is 2.52. The van der Waals surface area contributed by atoms with Gasteiger partial charge in [0, 0.05) is 50.3 Å². The molecule has 0 aromatic heterocycles. The van der Waals surface area contributed by atoms with E-state index in [2.05, 4.69) is 37.0 Å². The molecule has 5 nitrogen and oxygen atoms in total. The van der Waals surface area contributed by atoms with Crippen molar-refractivity contribution < 1.29 is 19.4 Å². The average molecular weight is 440 g/mol. The van der Waals surface area contributed by atoms with Crippen molar-refractivity contribution in [3.63, 3.8) is 0 Å². The molecule has 0 saturated heterocycles. The summed E-state index contributed by atoms with van der Waals surface area (Å²) in [5.41, 5.74) is 2.46. The lowest BCUT2D eigenvalue weighted by Crippen LogP contribution is -2.30. The molecule has 0 bridgehead atoms. The van der Waals surface area contributed by atoms with Crippen molar-refractivity contribution >= 4 is 6.09 Å². The number of unbranched alkanes of at least 4 members (excludes halogenated alkanes) is 1. The molecule has 0 radical (unpaired) electrons. The number of ether oxygens (including phenoxy) is 2. The molecule has 4 unspecified atom stereocenters. The molecule has 5 heteroatoms. The summed E-state index contributed by atoms with van der Waals surface area (Å²) >= 11 is 0. The minimum absolute atomic E-state index is 0.0106. The zero-order valence-corrected chi connectivity index (χ0v) is 20.0. The summed E-state index contributed by atoms with van der Waals surface area (Å²) in [6.45, 7) is 6.04. The lowest BCUT2D eigenvalue weighted by Gasteiger charge is -2.23. The van der Waals surface area contributed by atoms with Crippen LogP contribution < -0.4 is 4.74 Å². The number of amides is 1. The van der Waals surface area contributed by atoms with E-state index in [-0.39, 0.29) is 30.0 Å². The second-order valence-electron chi connectivity index (χ2n) is 9.24. The number of carbonyl (C=O) groups is 1. The standard InChI is InChI=1S/C27H37NO4/c1-6-8-11-18(3)23(32-27(30)28(4)5)16-15-20-22(29)17-24-25(20)21-14-10-13-19(12-9-7-2)26(21)31-24/h10,13-16,18,20,22-25,29H,7,9,11-12,17H2,1-5H3/b16-15+/t18-,20?,22+,23?,24?,25?/m0/s1. The summed E-state index contributed by atoms with van der Waals surface area (Å²) in [4.78, 5) is 13.7. The first-order valence-electron chi connectivity index (χ1n) is 11.8. The van der Waals surface area contributed by atoms with Gasteiger partial charge in [-0.15, -0.1) is 11.8 Å². The van der Waals surface area contributed by atoms with Crippen LogP contribution in [0.25, 0.3) is 0 Å². The third kappa shape index (κ3) is 5.30. The first-order valence-corrected chi connectivity index (χ1v) is 11.8. The van der Waals surface area contributed by atoms with E-state index >= 15 is 0 Å². The van der Waals surface area contributed by atoms with Crippen LogP contribution in [0.5, 0.6) is 5.75 Å². The lowest BCUT2D eigenvalue weighted by molar-refractivity contribution is 0.0717. The van der Waals surface area contributed by atoms with Gasteiger partial charge in [0.25, 0.3) is 0 Å². The van der Waals surface area contributed by atoms with Gasteiger partial charge in [-0.25, -0.2) is 4.79 Å². The Morgan fingerprint density at radius 2 is 2.19 bits per heavy atom. The topological polar surface area (TPSA) is 59.0 Å². The van der Waals surface area contributed by atoms with E-state index in [1.54, 1.807) is 14.1 Å². The number of aliphatic hydroxyl groups is 1. The van der Waals surface area contributed by atoms with Gasteiger partial charge in [0.05, 0.1) is 6.10 Å². The molecule has 1 N–H and O–H groups in total. The Kier molecular flexibility index (Phi) is 8.26. The van der Waals surface area contributed by atoms with Crippen LogP contribution in [-0.2, 0) is 11.2 Å². The minimum Gasteiger partial charge on any atom is -0.489 e. The molecule has 1 saturated carbocycles. The molecule has 1 amide bonds. The molecule has 174 valence electrons. The zero-order chi connectivity index (χ0) is 23.3. The van der Waals surface area contributed by atoms with Crippen LogP contribution in [0.15, 0.2) is 30.4 Å². The number of hydrogen-bond donors (Lipinski definition) is 1. The number of aliphatic hydroxyl groups excluding tert-OH is 1. The molecule has 6 atom stereocenters. The van der Waals surface area contributed by atoms with Gasteiger partial charge >= 0.3 is 6.09 Å². The molecular formula is C27H37NO4. The van der Waals surface area contributed by atoms with E-state index in [9.17, 15) is 9.90 Å². The van der Waals surface area contributed by atoms with Gasteiger partial charge in [0.1, 0.15) is 18.0 Å². The third-order valence-electron chi connectivity index (χ3n) is 6.58. The predicted molar refractivity (Wildman–Crippen MR) is 127 cm³/mol. The van der Waals surface area contributed by atoms with Gasteiger partial charge in [-0.05, 0) is 31.4 Å². The highest BCUT2D eigenvalue weighted by molar-refractivity contribution is 5.67. The first kappa shape index (κ1) is 24.2. The van der Waals surface area contributed by atoms with E-state index in [0.29, 0.717) is 12.8 Å². The number of hydrogen-bond acceptors (Lipinski definition) is 4. The fraction of sp³-hybridized carbons (Fsp3) is 0.593. The molecule has 2 aliphatic rings. The molecule has 32 heavy (non-hydrogen) atoms. The normalized spacial score (nSPS) is 25.3. The number of nitrogens with zero attached hydrogens (tertiary/aromatic N) is 1. The minimum atomic E-state index is -0.482. The second kappa shape index (κ2) is 10.9. The summed E-state index contributed by atoms with van der Waals surface area (Å²) in [6, 6.07) is 6.40. The molecule has 1 heterocycles. The monoisotopic (exact) mass is 439 g/mol. The zero-order valence-electron chi connectivity index (χ0n) is 20.0. The molecule has 0 spiro atoms. The third-order valence-corrected chi connectivity index (χ3v) is 6.58. The number of rotatable bonds is 8. The summed E-state index contributed by atoms with van der Waals surface area (Å²) in [6.07, 6.45) is 7.25. The summed E-state index contributed by atoms with van der Waals surface area (Å²) in [5, 5.41) is 10.8. The Morgan fingerprint density at radius 3 is 2.88 bits per heavy atom. The Bertz CT molecular complexity index is 881. The lowest BCUT2D eigenvalue weighted by atomic mass is 9.86. The Labute approximate surface area is 192 Å². The van der Waals surface area contributed by atoms with Crippen molar-refractivity contribution in [1.29, 1.82) is 0 Å². The number of fused-ring (bicyclic) bond motifs is 3. The number of carbonyl (C=O) groups excluding carboxylic acids is 1. The number of para-hydroxylation sites is 1. The van der Waals surface area contributed by atoms with Crippen molar-refractivity contribution in [2.24, 2.45) is 11.8 Å². The fourth-order valence-corrected chi connectivity index (χ4v) is 4.72. The molecule has 1 aliphatic carbocycles. The molecule has 1 fully saturated rings. The summed E-state index contributed by atoms with van der Waals surface area (Å²) in [7, 11) is 3.35. The average Bonchev–Trinajstić information content (AvgIpc) is 3.28. The van der Waals surface area contributed by atoms with Gasteiger partial charge in [-0.3, -0.25) is 0 Å². The predicted octanol–water partition coefficient (Wildman–Crippen LogP) is 4.93. The van der Waals surface area contributed by atoms with Gasteiger partial charge < -0.3 is 19.5 Å². The number of benzene rings is 1. The Hall–Kier alpha value is -2.45. The van der Waals surface area contributed by atoms with E-state index in [0.717, 1.165) is 25.0 Å². The van der Waals surface area contributed by atoms with Gasteiger partial charge in [0.2, 0.25) is 0 Å². The van der Waals surface area contributed by atoms with Crippen molar-refractivity contribution in [3.8, 4) is 17.6 Å². The van der Waals surface area contributed by atoms with Gasteiger partial charge in [-0.2, -0.15) is 0 Å². The van der Waals surface area contributed by atoms with E-state index in [4.69, 9.17) is 9.47 Å². The molecular weight excluding hydrogens is 402 g/mol. The van der Waals surface area contributed by atoms with E-state index in [1.165, 1.54) is 16.0 Å². The maximum Gasteiger partial charge on any atom is 0.409 e. The van der Waals surface area contributed by atoms with Crippen molar-refractivity contribution in [2.45, 2.75) is 77.1 Å². The van der Waals surface area contributed by atoms with Crippen molar-refractivity contribution in [2.75, 3.05) is 14.1 Å². The van der Waals surface area contributed by atoms with Crippen LogP contribution in [0.4, 0.5) is 4.79 Å². The summed E-state index contributed by atoms with van der Waals surface area (Å²) in [5.74, 6) is 7.10.